The van der Waals surface area contributed by atoms with Crippen LogP contribution in [0.5, 0.6) is 0 Å². The summed E-state index contributed by atoms with van der Waals surface area (Å²) < 4.78 is 0. The van der Waals surface area contributed by atoms with Crippen LogP contribution in [0.1, 0.15) is 40.0 Å². The molecule has 0 saturated carbocycles. The van der Waals surface area contributed by atoms with Gasteiger partial charge in [-0.2, -0.15) is 0 Å². The molecule has 0 aromatic carbocycles. The van der Waals surface area contributed by atoms with Crippen LogP contribution in [0.4, 0.5) is 11.5 Å². The van der Waals surface area contributed by atoms with Gasteiger partial charge in [0.25, 0.3) is 0 Å². The van der Waals surface area contributed by atoms with Gasteiger partial charge in [0.1, 0.15) is 5.82 Å². The highest BCUT2D eigenvalue weighted by Gasteiger charge is 2.14. The van der Waals surface area contributed by atoms with Crippen LogP contribution in [0, 0.1) is 5.92 Å². The maximum Gasteiger partial charge on any atom is 0.228 e. The van der Waals surface area contributed by atoms with Gasteiger partial charge in [-0.25, -0.2) is 4.98 Å². The fourth-order valence-corrected chi connectivity index (χ4v) is 1.82. The Morgan fingerprint density at radius 1 is 1.44 bits per heavy atom. The first-order chi connectivity index (χ1) is 8.54. The summed E-state index contributed by atoms with van der Waals surface area (Å²) in [6.45, 7) is 6.93. The molecule has 0 radical (unpaired) electrons. The van der Waals surface area contributed by atoms with Crippen molar-refractivity contribution >= 4 is 17.4 Å². The van der Waals surface area contributed by atoms with E-state index in [9.17, 15) is 4.79 Å². The second kappa shape index (κ2) is 6.99. The molecule has 0 bridgehead atoms. The van der Waals surface area contributed by atoms with Crippen LogP contribution in [0.25, 0.3) is 0 Å². The monoisotopic (exact) mass is 249 g/mol. The van der Waals surface area contributed by atoms with Crippen molar-refractivity contribution in [1.29, 1.82) is 0 Å². The highest BCUT2D eigenvalue weighted by Crippen LogP contribution is 2.15. The number of amides is 1. The second-order valence-corrected chi connectivity index (χ2v) is 4.87. The number of aromatic nitrogens is 1. The van der Waals surface area contributed by atoms with Crippen LogP contribution in [0.15, 0.2) is 18.3 Å². The molecule has 0 unspecified atom stereocenters. The van der Waals surface area contributed by atoms with Crippen LogP contribution in [-0.2, 0) is 4.79 Å². The third-order valence-electron chi connectivity index (χ3n) is 2.84. The lowest BCUT2D eigenvalue weighted by molar-refractivity contribution is -0.118. The Bertz CT molecular complexity index is 373. The molecule has 1 amide bonds. The molecule has 1 aromatic heterocycles. The van der Waals surface area contributed by atoms with Gasteiger partial charge in [-0.1, -0.05) is 20.3 Å². The largest absolute Gasteiger partial charge is 0.397 e. The van der Waals surface area contributed by atoms with Crippen LogP contribution in [0.3, 0.4) is 0 Å². The number of anilines is 2. The van der Waals surface area contributed by atoms with Crippen molar-refractivity contribution in [3.8, 4) is 0 Å². The van der Waals surface area contributed by atoms with Crippen molar-refractivity contribution < 1.29 is 4.79 Å². The summed E-state index contributed by atoms with van der Waals surface area (Å²) in [5.74, 6) is 1.46. The minimum absolute atomic E-state index is 0.135. The van der Waals surface area contributed by atoms with Gasteiger partial charge in [-0.05, 0) is 31.4 Å². The number of rotatable bonds is 6. The maximum atomic E-state index is 12.1. The van der Waals surface area contributed by atoms with Gasteiger partial charge >= 0.3 is 0 Å². The van der Waals surface area contributed by atoms with Crippen molar-refractivity contribution in [2.24, 2.45) is 5.92 Å². The molecule has 4 nitrogen and oxygen atoms in total. The minimum Gasteiger partial charge on any atom is -0.397 e. The third-order valence-corrected chi connectivity index (χ3v) is 2.84. The van der Waals surface area contributed by atoms with Crippen LogP contribution in [0.2, 0.25) is 0 Å². The van der Waals surface area contributed by atoms with Crippen molar-refractivity contribution in [3.05, 3.63) is 18.3 Å². The standard InChI is InChI=1S/C14H23N3O/c1-4-17(13-9-8-12(15)10-16-13)14(18)7-5-6-11(2)3/h8-11H,4-7,15H2,1-3H3. The third kappa shape index (κ3) is 4.35. The summed E-state index contributed by atoms with van der Waals surface area (Å²) in [7, 11) is 0. The van der Waals surface area contributed by atoms with Crippen molar-refractivity contribution in [2.75, 3.05) is 17.2 Å². The average molecular weight is 249 g/mol. The Morgan fingerprint density at radius 2 is 2.17 bits per heavy atom. The predicted molar refractivity (Wildman–Crippen MR) is 75.4 cm³/mol. The van der Waals surface area contributed by atoms with E-state index >= 15 is 0 Å². The maximum absolute atomic E-state index is 12.1. The highest BCUT2D eigenvalue weighted by molar-refractivity contribution is 5.92. The molecule has 2 N–H and O–H groups in total. The number of nitrogens with zero attached hydrogens (tertiary/aromatic N) is 2. The van der Waals surface area contributed by atoms with Crippen LogP contribution >= 0.6 is 0 Å². The van der Waals surface area contributed by atoms with Crippen molar-refractivity contribution in [3.63, 3.8) is 0 Å². The minimum atomic E-state index is 0.135. The first-order valence-corrected chi connectivity index (χ1v) is 6.56. The summed E-state index contributed by atoms with van der Waals surface area (Å²) in [5.41, 5.74) is 6.20. The molecule has 0 atom stereocenters. The topological polar surface area (TPSA) is 59.2 Å². The van der Waals surface area contributed by atoms with Crippen molar-refractivity contribution in [2.45, 2.75) is 40.0 Å². The van der Waals surface area contributed by atoms with Gasteiger partial charge in [0.15, 0.2) is 0 Å². The fraction of sp³-hybridized carbons (Fsp3) is 0.571. The smallest absolute Gasteiger partial charge is 0.228 e. The van der Waals surface area contributed by atoms with E-state index in [4.69, 9.17) is 5.73 Å². The molecule has 0 spiro atoms. The molecule has 1 rings (SSSR count). The van der Waals surface area contributed by atoms with E-state index in [2.05, 4.69) is 18.8 Å². The summed E-state index contributed by atoms with van der Waals surface area (Å²) >= 11 is 0. The zero-order chi connectivity index (χ0) is 13.5. The van der Waals surface area contributed by atoms with Gasteiger partial charge in [-0.3, -0.25) is 9.69 Å². The Morgan fingerprint density at radius 3 is 2.67 bits per heavy atom. The number of hydrogen-bond donors (Lipinski definition) is 1. The van der Waals surface area contributed by atoms with E-state index in [-0.39, 0.29) is 5.91 Å². The van der Waals surface area contributed by atoms with Gasteiger partial charge in [-0.15, -0.1) is 0 Å². The zero-order valence-electron chi connectivity index (χ0n) is 11.5. The second-order valence-electron chi connectivity index (χ2n) is 4.87. The number of carbonyl (C=O) groups is 1. The summed E-state index contributed by atoms with van der Waals surface area (Å²) in [6.07, 6.45) is 4.18. The van der Waals surface area contributed by atoms with Crippen LogP contribution in [-0.4, -0.2) is 17.4 Å². The quantitative estimate of drug-likeness (QED) is 0.843. The highest BCUT2D eigenvalue weighted by atomic mass is 16.2. The first-order valence-electron chi connectivity index (χ1n) is 6.56. The number of pyridine rings is 1. The molecule has 0 aliphatic rings. The Labute approximate surface area is 109 Å². The van der Waals surface area contributed by atoms with E-state index < -0.39 is 0 Å². The van der Waals surface area contributed by atoms with Crippen molar-refractivity contribution in [1.82, 2.24) is 4.98 Å². The lowest BCUT2D eigenvalue weighted by atomic mass is 10.1. The average Bonchev–Trinajstić information content (AvgIpc) is 2.32. The lowest BCUT2D eigenvalue weighted by Gasteiger charge is -2.20. The Kier molecular flexibility index (Phi) is 5.62. The molecule has 1 heterocycles. The molecule has 0 aliphatic carbocycles. The molecule has 0 aliphatic heterocycles. The number of hydrogen-bond acceptors (Lipinski definition) is 3. The number of nitrogen functional groups attached to an aromatic ring is 1. The number of nitrogens with two attached hydrogens (primary N) is 1. The molecule has 0 saturated heterocycles. The van der Waals surface area contributed by atoms with E-state index in [1.807, 2.05) is 6.92 Å². The fourth-order valence-electron chi connectivity index (χ4n) is 1.82. The van der Waals surface area contributed by atoms with E-state index in [1.54, 1.807) is 23.2 Å². The summed E-state index contributed by atoms with van der Waals surface area (Å²) in [4.78, 5) is 18.0. The van der Waals surface area contributed by atoms with E-state index in [0.29, 0.717) is 30.4 Å². The molecule has 18 heavy (non-hydrogen) atoms. The number of carbonyl (C=O) groups excluding carboxylic acids is 1. The Hall–Kier alpha value is -1.58. The van der Waals surface area contributed by atoms with Gasteiger partial charge < -0.3 is 5.73 Å². The molecule has 1 aromatic rings. The summed E-state index contributed by atoms with van der Waals surface area (Å²) in [6, 6.07) is 3.56. The molecule has 4 heteroatoms. The zero-order valence-corrected chi connectivity index (χ0v) is 11.5. The normalized spacial score (nSPS) is 10.7. The first kappa shape index (κ1) is 14.5. The SMILES string of the molecule is CCN(C(=O)CCCC(C)C)c1ccc(N)cn1. The Balaban J connectivity index is 2.60. The lowest BCUT2D eigenvalue weighted by Crippen LogP contribution is -2.31. The molecular formula is C14H23N3O. The predicted octanol–water partition coefficient (Wildman–Crippen LogP) is 2.84. The molecule has 100 valence electrons. The van der Waals surface area contributed by atoms with Gasteiger partial charge in [0.2, 0.25) is 5.91 Å². The van der Waals surface area contributed by atoms with E-state index in [1.165, 1.54) is 0 Å². The van der Waals surface area contributed by atoms with Gasteiger partial charge in [0.05, 0.1) is 11.9 Å². The summed E-state index contributed by atoms with van der Waals surface area (Å²) in [5, 5.41) is 0. The van der Waals surface area contributed by atoms with Crippen LogP contribution < -0.4 is 10.6 Å². The van der Waals surface area contributed by atoms with E-state index in [0.717, 1.165) is 12.8 Å². The molecule has 0 fully saturated rings. The molecular weight excluding hydrogens is 226 g/mol. The van der Waals surface area contributed by atoms with Gasteiger partial charge in [0, 0.05) is 13.0 Å².